The molecule has 3 rings (SSSR count). The van der Waals surface area contributed by atoms with Crippen LogP contribution in [0.2, 0.25) is 0 Å². The van der Waals surface area contributed by atoms with E-state index in [4.69, 9.17) is 4.74 Å². The van der Waals surface area contributed by atoms with Crippen molar-refractivity contribution in [2.45, 2.75) is 51.2 Å². The lowest BCUT2D eigenvalue weighted by molar-refractivity contribution is -0.133. The molecular weight excluding hydrogens is 342 g/mol. The van der Waals surface area contributed by atoms with Crippen LogP contribution in [0.5, 0.6) is 0 Å². The Labute approximate surface area is 161 Å². The second-order valence-electron chi connectivity index (χ2n) is 7.90. The Morgan fingerprint density at radius 3 is 2.59 bits per heavy atom. The summed E-state index contributed by atoms with van der Waals surface area (Å²) in [6.45, 7) is 4.71. The van der Waals surface area contributed by atoms with Crippen molar-refractivity contribution in [2.24, 2.45) is 5.92 Å². The molecule has 148 valence electrons. The number of aryl methyl sites for hydroxylation is 1. The second kappa shape index (κ2) is 8.74. The van der Waals surface area contributed by atoms with Gasteiger partial charge in [-0.1, -0.05) is 29.8 Å². The van der Waals surface area contributed by atoms with Gasteiger partial charge in [-0.3, -0.25) is 4.79 Å². The van der Waals surface area contributed by atoms with Gasteiger partial charge in [-0.25, -0.2) is 4.79 Å². The van der Waals surface area contributed by atoms with Crippen LogP contribution in [0.25, 0.3) is 0 Å². The van der Waals surface area contributed by atoms with Gasteiger partial charge in [0.15, 0.2) is 0 Å². The number of ether oxygens (including phenoxy) is 1. The Bertz CT molecular complexity index is 651. The van der Waals surface area contributed by atoms with Crippen LogP contribution in [0.3, 0.4) is 0 Å². The van der Waals surface area contributed by atoms with E-state index in [0.29, 0.717) is 38.6 Å². The number of hydrogen-bond acceptors (Lipinski definition) is 3. The van der Waals surface area contributed by atoms with Crippen molar-refractivity contribution in [3.05, 3.63) is 35.4 Å². The maximum Gasteiger partial charge on any atom is 0.317 e. The van der Waals surface area contributed by atoms with E-state index in [1.54, 1.807) is 7.05 Å². The monoisotopic (exact) mass is 373 g/mol. The first kappa shape index (κ1) is 19.7. The Kier molecular flexibility index (Phi) is 6.37. The van der Waals surface area contributed by atoms with Gasteiger partial charge in [0.05, 0.1) is 5.60 Å². The predicted molar refractivity (Wildman–Crippen MR) is 104 cm³/mol. The molecule has 2 N–H and O–H groups in total. The first-order valence-corrected chi connectivity index (χ1v) is 9.92. The molecule has 1 atom stereocenters. The van der Waals surface area contributed by atoms with Crippen molar-refractivity contribution in [1.82, 2.24) is 15.5 Å². The number of nitrogens with zero attached hydrogens (tertiary/aromatic N) is 1. The van der Waals surface area contributed by atoms with Gasteiger partial charge in [0.1, 0.15) is 0 Å². The van der Waals surface area contributed by atoms with E-state index in [9.17, 15) is 9.59 Å². The van der Waals surface area contributed by atoms with Crippen LogP contribution in [-0.4, -0.2) is 49.2 Å². The molecule has 0 radical (unpaired) electrons. The van der Waals surface area contributed by atoms with Crippen molar-refractivity contribution in [3.8, 4) is 0 Å². The second-order valence-corrected chi connectivity index (χ2v) is 7.90. The number of amides is 3. The highest BCUT2D eigenvalue weighted by atomic mass is 16.5. The molecule has 3 amide bonds. The number of nitrogens with one attached hydrogen (secondary N) is 2. The Morgan fingerprint density at radius 2 is 1.93 bits per heavy atom. The van der Waals surface area contributed by atoms with Crippen molar-refractivity contribution >= 4 is 11.9 Å². The summed E-state index contributed by atoms with van der Waals surface area (Å²) in [6.07, 6.45) is 4.11. The quantitative estimate of drug-likeness (QED) is 0.852. The summed E-state index contributed by atoms with van der Waals surface area (Å²) in [5.74, 6) is 0.477. The van der Waals surface area contributed by atoms with Crippen molar-refractivity contribution in [3.63, 3.8) is 0 Å². The molecule has 6 nitrogen and oxygen atoms in total. The topological polar surface area (TPSA) is 70.7 Å². The average Bonchev–Trinajstić information content (AvgIpc) is 2.68. The normalized spacial score (nSPS) is 21.7. The van der Waals surface area contributed by atoms with Gasteiger partial charge in [-0.15, -0.1) is 0 Å². The van der Waals surface area contributed by atoms with Gasteiger partial charge in [-0.05, 0) is 44.1 Å². The number of carbonyl (C=O) groups excluding carboxylic acids is 2. The van der Waals surface area contributed by atoms with E-state index >= 15 is 0 Å². The van der Waals surface area contributed by atoms with Crippen LogP contribution < -0.4 is 10.6 Å². The zero-order valence-corrected chi connectivity index (χ0v) is 16.4. The molecule has 0 aromatic heterocycles. The van der Waals surface area contributed by atoms with Crippen LogP contribution in [-0.2, 0) is 16.1 Å². The van der Waals surface area contributed by atoms with Gasteiger partial charge in [0.2, 0.25) is 5.91 Å². The largest absolute Gasteiger partial charge is 0.375 e. The summed E-state index contributed by atoms with van der Waals surface area (Å²) in [5, 5.41) is 5.73. The summed E-state index contributed by atoms with van der Waals surface area (Å²) in [7, 11) is 1.69. The van der Waals surface area contributed by atoms with Crippen LogP contribution >= 0.6 is 0 Å². The van der Waals surface area contributed by atoms with E-state index in [-0.39, 0.29) is 17.5 Å². The van der Waals surface area contributed by atoms with E-state index in [2.05, 4.69) is 29.7 Å². The van der Waals surface area contributed by atoms with Crippen LogP contribution in [0.1, 0.15) is 43.2 Å². The molecule has 0 aliphatic carbocycles. The third-order valence-electron chi connectivity index (χ3n) is 5.87. The Morgan fingerprint density at radius 1 is 1.22 bits per heavy atom. The summed E-state index contributed by atoms with van der Waals surface area (Å²) in [5.41, 5.74) is 2.16. The van der Waals surface area contributed by atoms with Crippen LogP contribution in [0.4, 0.5) is 4.79 Å². The molecule has 2 fully saturated rings. The first-order valence-electron chi connectivity index (χ1n) is 9.92. The smallest absolute Gasteiger partial charge is 0.317 e. The fourth-order valence-corrected chi connectivity index (χ4v) is 4.13. The molecule has 2 saturated heterocycles. The van der Waals surface area contributed by atoms with Gasteiger partial charge < -0.3 is 20.3 Å². The minimum atomic E-state index is -0.162. The molecular formula is C21H31N3O3. The van der Waals surface area contributed by atoms with Crippen molar-refractivity contribution < 1.29 is 14.3 Å². The lowest BCUT2D eigenvalue weighted by Gasteiger charge is -2.46. The Hall–Kier alpha value is -2.08. The molecule has 0 bridgehead atoms. The van der Waals surface area contributed by atoms with E-state index in [1.165, 1.54) is 5.56 Å². The lowest BCUT2D eigenvalue weighted by Crippen LogP contribution is -2.53. The van der Waals surface area contributed by atoms with Gasteiger partial charge >= 0.3 is 6.03 Å². The molecule has 1 aromatic carbocycles. The van der Waals surface area contributed by atoms with E-state index in [0.717, 1.165) is 31.2 Å². The summed E-state index contributed by atoms with van der Waals surface area (Å²) >= 11 is 0. The maximum atomic E-state index is 12.5. The highest BCUT2D eigenvalue weighted by Crippen LogP contribution is 2.38. The van der Waals surface area contributed by atoms with Crippen LogP contribution in [0.15, 0.2) is 24.3 Å². The zero-order chi connectivity index (χ0) is 19.3. The fourth-order valence-electron chi connectivity index (χ4n) is 4.13. The fraction of sp³-hybridized carbons (Fsp3) is 0.619. The summed E-state index contributed by atoms with van der Waals surface area (Å²) < 4.78 is 6.13. The van der Waals surface area contributed by atoms with Crippen molar-refractivity contribution in [2.75, 3.05) is 26.7 Å². The first-order chi connectivity index (χ1) is 13.0. The minimum absolute atomic E-state index is 0.0110. The number of hydrogen-bond donors (Lipinski definition) is 2. The van der Waals surface area contributed by atoms with Crippen molar-refractivity contribution in [1.29, 1.82) is 0 Å². The highest BCUT2D eigenvalue weighted by Gasteiger charge is 2.41. The number of urea groups is 1. The third kappa shape index (κ3) is 5.22. The molecule has 6 heteroatoms. The molecule has 2 aliphatic rings. The number of benzene rings is 1. The SMILES string of the molecule is CNC(=O)CC1CCOC2(CCN(C(=O)NCc3ccc(C)cc3)CC2)C1. The van der Waals surface area contributed by atoms with Gasteiger partial charge in [-0.2, -0.15) is 0 Å². The average molecular weight is 373 g/mol. The molecule has 1 spiro atoms. The molecule has 2 aliphatic heterocycles. The number of piperidine rings is 1. The molecule has 2 heterocycles. The lowest BCUT2D eigenvalue weighted by atomic mass is 9.78. The third-order valence-corrected chi connectivity index (χ3v) is 5.87. The number of likely N-dealkylation sites (tertiary alicyclic amines) is 1. The summed E-state index contributed by atoms with van der Waals surface area (Å²) in [6, 6.07) is 8.19. The summed E-state index contributed by atoms with van der Waals surface area (Å²) in [4.78, 5) is 26.0. The highest BCUT2D eigenvalue weighted by molar-refractivity contribution is 5.75. The van der Waals surface area contributed by atoms with Crippen LogP contribution in [0, 0.1) is 12.8 Å². The minimum Gasteiger partial charge on any atom is -0.375 e. The van der Waals surface area contributed by atoms with E-state index < -0.39 is 0 Å². The van der Waals surface area contributed by atoms with Gasteiger partial charge in [0, 0.05) is 39.7 Å². The zero-order valence-electron chi connectivity index (χ0n) is 16.4. The maximum absolute atomic E-state index is 12.5. The predicted octanol–water partition coefficient (Wildman–Crippen LogP) is 2.60. The number of carbonyl (C=O) groups is 2. The molecule has 0 saturated carbocycles. The number of rotatable bonds is 4. The molecule has 27 heavy (non-hydrogen) atoms. The van der Waals surface area contributed by atoms with E-state index in [1.807, 2.05) is 17.0 Å². The molecule has 1 unspecified atom stereocenters. The Balaban J connectivity index is 1.46. The van der Waals surface area contributed by atoms with Gasteiger partial charge in [0.25, 0.3) is 0 Å². The standard InChI is InChI=1S/C21H31N3O3/c1-16-3-5-17(6-4-16)15-23-20(26)24-10-8-21(9-11-24)14-18(7-12-27-21)13-19(25)22-2/h3-6,18H,7-15H2,1-2H3,(H,22,25)(H,23,26). The molecule has 1 aromatic rings.